The van der Waals surface area contributed by atoms with E-state index in [9.17, 15) is 13.2 Å². The number of benzene rings is 1. The maximum absolute atomic E-state index is 12.4. The average molecular weight is 360 g/mol. The summed E-state index contributed by atoms with van der Waals surface area (Å²) in [5.74, 6) is -0.278. The van der Waals surface area contributed by atoms with E-state index in [1.807, 2.05) is 13.0 Å². The fourth-order valence-corrected chi connectivity index (χ4v) is 3.85. The van der Waals surface area contributed by atoms with Crippen LogP contribution in [0.1, 0.15) is 18.4 Å². The predicted molar refractivity (Wildman–Crippen MR) is 91.7 cm³/mol. The third-order valence-corrected chi connectivity index (χ3v) is 6.25. The molecule has 8 heteroatoms. The number of amides is 1. The highest BCUT2D eigenvalue weighted by molar-refractivity contribution is 7.86. The summed E-state index contributed by atoms with van der Waals surface area (Å²) in [4.78, 5) is 12.4. The second kappa shape index (κ2) is 7.17. The van der Waals surface area contributed by atoms with Crippen molar-refractivity contribution in [3.05, 3.63) is 28.8 Å². The van der Waals surface area contributed by atoms with Gasteiger partial charge in [-0.2, -0.15) is 17.0 Å². The van der Waals surface area contributed by atoms with Gasteiger partial charge in [-0.05, 0) is 37.5 Å². The molecule has 0 atom stereocenters. The van der Waals surface area contributed by atoms with Crippen LogP contribution in [0.4, 0.5) is 5.69 Å². The Balaban J connectivity index is 1.98. The van der Waals surface area contributed by atoms with Gasteiger partial charge in [0.05, 0.1) is 0 Å². The summed E-state index contributed by atoms with van der Waals surface area (Å²) in [5, 5.41) is 3.46. The molecule has 128 valence electrons. The summed E-state index contributed by atoms with van der Waals surface area (Å²) in [5.41, 5.74) is 1.64. The maximum Gasteiger partial charge on any atom is 0.281 e. The first kappa shape index (κ1) is 18.2. The Kier molecular flexibility index (Phi) is 5.67. The monoisotopic (exact) mass is 359 g/mol. The van der Waals surface area contributed by atoms with Gasteiger partial charge in [0.25, 0.3) is 10.2 Å². The van der Waals surface area contributed by atoms with Gasteiger partial charge in [-0.15, -0.1) is 0 Å². The molecule has 0 aliphatic carbocycles. The first-order valence-corrected chi connectivity index (χ1v) is 9.24. The number of carbonyl (C=O) groups is 1. The Morgan fingerprint density at radius 3 is 2.48 bits per heavy atom. The zero-order valence-corrected chi connectivity index (χ0v) is 15.1. The summed E-state index contributed by atoms with van der Waals surface area (Å²) in [7, 11) is -0.383. The first-order chi connectivity index (χ1) is 10.7. The van der Waals surface area contributed by atoms with E-state index < -0.39 is 10.2 Å². The molecule has 0 spiro atoms. The summed E-state index contributed by atoms with van der Waals surface area (Å²) >= 11 is 5.96. The van der Waals surface area contributed by atoms with Crippen LogP contribution in [0.3, 0.4) is 0 Å². The second-order valence-electron chi connectivity index (χ2n) is 5.91. The highest BCUT2D eigenvalue weighted by Gasteiger charge is 2.32. The van der Waals surface area contributed by atoms with Crippen molar-refractivity contribution in [2.45, 2.75) is 19.8 Å². The molecule has 1 aromatic rings. The number of aryl methyl sites for hydroxylation is 1. The summed E-state index contributed by atoms with van der Waals surface area (Å²) < 4.78 is 26.8. The lowest BCUT2D eigenvalue weighted by Gasteiger charge is -2.32. The number of nitrogens with one attached hydrogen (secondary N) is 1. The van der Waals surface area contributed by atoms with Gasteiger partial charge in [0.1, 0.15) is 0 Å². The molecule has 1 N–H and O–H groups in total. The van der Waals surface area contributed by atoms with E-state index in [2.05, 4.69) is 5.32 Å². The fraction of sp³-hybridized carbons (Fsp3) is 0.533. The van der Waals surface area contributed by atoms with Crippen molar-refractivity contribution in [3.63, 3.8) is 0 Å². The van der Waals surface area contributed by atoms with Crippen LogP contribution in [0.25, 0.3) is 0 Å². The SMILES string of the molecule is Cc1ccc(Cl)cc1NC(=O)C1CCN(S(=O)(=O)N(C)C)CC1. The van der Waals surface area contributed by atoms with E-state index in [-0.39, 0.29) is 11.8 Å². The number of hydrogen-bond donors (Lipinski definition) is 1. The lowest BCUT2D eigenvalue weighted by atomic mass is 9.97. The minimum atomic E-state index is -3.40. The van der Waals surface area contributed by atoms with Crippen molar-refractivity contribution in [2.24, 2.45) is 5.92 Å². The number of hydrogen-bond acceptors (Lipinski definition) is 3. The smallest absolute Gasteiger partial charge is 0.281 e. The molecule has 1 amide bonds. The molecule has 1 aromatic carbocycles. The van der Waals surface area contributed by atoms with Crippen LogP contribution >= 0.6 is 11.6 Å². The van der Waals surface area contributed by atoms with Crippen molar-refractivity contribution in [1.82, 2.24) is 8.61 Å². The fourth-order valence-electron chi connectivity index (χ4n) is 2.54. The van der Waals surface area contributed by atoms with Crippen molar-refractivity contribution in [3.8, 4) is 0 Å². The van der Waals surface area contributed by atoms with Gasteiger partial charge in [0, 0.05) is 43.8 Å². The molecule has 1 fully saturated rings. The number of rotatable bonds is 4. The molecule has 2 rings (SSSR count). The Morgan fingerprint density at radius 2 is 1.91 bits per heavy atom. The number of nitrogens with zero attached hydrogens (tertiary/aromatic N) is 2. The van der Waals surface area contributed by atoms with Crippen molar-refractivity contribution < 1.29 is 13.2 Å². The van der Waals surface area contributed by atoms with E-state index in [0.717, 1.165) is 5.56 Å². The summed E-state index contributed by atoms with van der Waals surface area (Å²) in [6, 6.07) is 5.35. The zero-order chi connectivity index (χ0) is 17.2. The highest BCUT2D eigenvalue weighted by Crippen LogP contribution is 2.24. The van der Waals surface area contributed by atoms with Crippen LogP contribution < -0.4 is 5.32 Å². The predicted octanol–water partition coefficient (Wildman–Crippen LogP) is 2.11. The van der Waals surface area contributed by atoms with E-state index in [4.69, 9.17) is 11.6 Å². The van der Waals surface area contributed by atoms with Crippen molar-refractivity contribution in [1.29, 1.82) is 0 Å². The molecule has 0 unspecified atom stereocenters. The van der Waals surface area contributed by atoms with E-state index in [1.165, 1.54) is 22.7 Å². The lowest BCUT2D eigenvalue weighted by molar-refractivity contribution is -0.120. The maximum atomic E-state index is 12.4. The van der Waals surface area contributed by atoms with Gasteiger partial charge in [-0.1, -0.05) is 17.7 Å². The minimum absolute atomic E-state index is 0.0859. The van der Waals surface area contributed by atoms with Crippen LogP contribution in [0.15, 0.2) is 18.2 Å². The van der Waals surface area contributed by atoms with Gasteiger partial charge >= 0.3 is 0 Å². The first-order valence-electron chi connectivity index (χ1n) is 7.46. The molecule has 0 bridgehead atoms. The van der Waals surface area contributed by atoms with Gasteiger partial charge in [0.15, 0.2) is 0 Å². The molecule has 0 radical (unpaired) electrons. The standard InChI is InChI=1S/C15H22ClN3O3S/c1-11-4-5-13(16)10-14(11)17-15(20)12-6-8-19(9-7-12)23(21,22)18(2)3/h4-5,10,12H,6-9H2,1-3H3,(H,17,20). The van der Waals surface area contributed by atoms with Gasteiger partial charge in [0.2, 0.25) is 5.91 Å². The van der Waals surface area contributed by atoms with Crippen molar-refractivity contribution >= 4 is 33.4 Å². The molecule has 1 aliphatic rings. The molecule has 0 saturated carbocycles. The molecule has 1 heterocycles. The Morgan fingerprint density at radius 1 is 1.30 bits per heavy atom. The lowest BCUT2D eigenvalue weighted by Crippen LogP contribution is -2.46. The van der Waals surface area contributed by atoms with Crippen LogP contribution in [-0.2, 0) is 15.0 Å². The minimum Gasteiger partial charge on any atom is -0.326 e. The summed E-state index contributed by atoms with van der Waals surface area (Å²) in [6.45, 7) is 2.61. The molecular formula is C15H22ClN3O3S. The number of piperidine rings is 1. The van der Waals surface area contributed by atoms with Crippen LogP contribution in [0.2, 0.25) is 5.02 Å². The molecule has 1 aliphatic heterocycles. The second-order valence-corrected chi connectivity index (χ2v) is 8.49. The zero-order valence-electron chi connectivity index (χ0n) is 13.5. The van der Waals surface area contributed by atoms with Crippen LogP contribution in [0, 0.1) is 12.8 Å². The largest absolute Gasteiger partial charge is 0.326 e. The number of halogens is 1. The van der Waals surface area contributed by atoms with Gasteiger partial charge < -0.3 is 5.32 Å². The topological polar surface area (TPSA) is 69.7 Å². The quantitative estimate of drug-likeness (QED) is 0.895. The number of carbonyl (C=O) groups excluding carboxylic acids is 1. The molecule has 1 saturated heterocycles. The molecule has 6 nitrogen and oxygen atoms in total. The highest BCUT2D eigenvalue weighted by atomic mass is 35.5. The Labute approximate surface area is 142 Å². The van der Waals surface area contributed by atoms with Gasteiger partial charge in [-0.3, -0.25) is 4.79 Å². The molecule has 0 aromatic heterocycles. The Hall–Kier alpha value is -1.15. The van der Waals surface area contributed by atoms with Crippen LogP contribution in [-0.4, -0.2) is 50.1 Å². The normalized spacial score (nSPS) is 17.4. The van der Waals surface area contributed by atoms with E-state index in [1.54, 1.807) is 12.1 Å². The van der Waals surface area contributed by atoms with E-state index >= 15 is 0 Å². The van der Waals surface area contributed by atoms with Crippen molar-refractivity contribution in [2.75, 3.05) is 32.5 Å². The molecular weight excluding hydrogens is 338 g/mol. The van der Waals surface area contributed by atoms with Gasteiger partial charge in [-0.25, -0.2) is 0 Å². The van der Waals surface area contributed by atoms with E-state index in [0.29, 0.717) is 36.6 Å². The third kappa shape index (κ3) is 4.23. The van der Waals surface area contributed by atoms with Crippen LogP contribution in [0.5, 0.6) is 0 Å². The number of anilines is 1. The summed E-state index contributed by atoms with van der Waals surface area (Å²) in [6.07, 6.45) is 1.02. The Bertz CT molecular complexity index is 683. The third-order valence-electron chi connectivity index (χ3n) is 4.07. The average Bonchev–Trinajstić information content (AvgIpc) is 2.50. The molecule has 23 heavy (non-hydrogen) atoms.